The first-order valence-corrected chi connectivity index (χ1v) is 9.53. The zero-order chi connectivity index (χ0) is 19.9. The summed E-state index contributed by atoms with van der Waals surface area (Å²) in [6.45, 7) is 1.23. The SMILES string of the molecule is COCc1cccc(C(=O)N(Cc2ccc(Cl)c(Cl)c2)Cc2ccccn2)c1. The molecule has 0 atom stereocenters. The van der Waals surface area contributed by atoms with Crippen LogP contribution >= 0.6 is 23.2 Å². The number of pyridine rings is 1. The van der Waals surface area contributed by atoms with E-state index in [1.54, 1.807) is 30.3 Å². The molecule has 0 saturated heterocycles. The molecule has 0 aliphatic heterocycles. The van der Waals surface area contributed by atoms with E-state index in [1.165, 1.54) is 0 Å². The van der Waals surface area contributed by atoms with Crippen LogP contribution in [0.15, 0.2) is 66.9 Å². The second-order valence-corrected chi connectivity index (χ2v) is 7.18. The molecule has 144 valence electrons. The number of halogens is 2. The van der Waals surface area contributed by atoms with Crippen molar-refractivity contribution >= 4 is 29.1 Å². The Morgan fingerprint density at radius 2 is 1.82 bits per heavy atom. The van der Waals surface area contributed by atoms with Crippen molar-refractivity contribution in [1.82, 2.24) is 9.88 Å². The first kappa shape index (κ1) is 20.3. The fourth-order valence-corrected chi connectivity index (χ4v) is 3.21. The number of aromatic nitrogens is 1. The summed E-state index contributed by atoms with van der Waals surface area (Å²) in [5.74, 6) is -0.0883. The molecule has 1 heterocycles. The molecule has 1 amide bonds. The van der Waals surface area contributed by atoms with E-state index < -0.39 is 0 Å². The molecule has 6 heteroatoms. The van der Waals surface area contributed by atoms with Crippen LogP contribution in [-0.4, -0.2) is 22.9 Å². The minimum absolute atomic E-state index is 0.0883. The van der Waals surface area contributed by atoms with Crippen LogP contribution in [-0.2, 0) is 24.4 Å². The van der Waals surface area contributed by atoms with Gasteiger partial charge in [0.15, 0.2) is 0 Å². The summed E-state index contributed by atoms with van der Waals surface area (Å²) < 4.78 is 5.18. The van der Waals surface area contributed by atoms with E-state index in [0.29, 0.717) is 35.3 Å². The average molecular weight is 415 g/mol. The molecule has 3 rings (SSSR count). The van der Waals surface area contributed by atoms with Gasteiger partial charge in [-0.25, -0.2) is 0 Å². The summed E-state index contributed by atoms with van der Waals surface area (Å²) in [6.07, 6.45) is 1.72. The molecule has 0 saturated carbocycles. The molecular formula is C22H20Cl2N2O2. The van der Waals surface area contributed by atoms with Crippen molar-refractivity contribution in [2.75, 3.05) is 7.11 Å². The van der Waals surface area contributed by atoms with Gasteiger partial charge in [0.1, 0.15) is 0 Å². The molecule has 0 fully saturated rings. The number of amides is 1. The van der Waals surface area contributed by atoms with Crippen LogP contribution in [0.2, 0.25) is 10.0 Å². The van der Waals surface area contributed by atoms with E-state index >= 15 is 0 Å². The van der Waals surface area contributed by atoms with Crippen LogP contribution in [0.1, 0.15) is 27.2 Å². The number of benzene rings is 2. The van der Waals surface area contributed by atoms with Crippen LogP contribution in [0, 0.1) is 0 Å². The third-order valence-corrected chi connectivity index (χ3v) is 4.95. The highest BCUT2D eigenvalue weighted by Gasteiger charge is 2.18. The van der Waals surface area contributed by atoms with Crippen LogP contribution in [0.4, 0.5) is 0 Å². The Balaban J connectivity index is 1.89. The number of methoxy groups -OCH3 is 1. The molecule has 0 bridgehead atoms. The van der Waals surface area contributed by atoms with Gasteiger partial charge in [-0.3, -0.25) is 9.78 Å². The second-order valence-electron chi connectivity index (χ2n) is 6.36. The highest BCUT2D eigenvalue weighted by Crippen LogP contribution is 2.24. The van der Waals surface area contributed by atoms with Gasteiger partial charge in [0.25, 0.3) is 5.91 Å². The van der Waals surface area contributed by atoms with E-state index in [0.717, 1.165) is 16.8 Å². The maximum atomic E-state index is 13.3. The van der Waals surface area contributed by atoms with Crippen LogP contribution in [0.3, 0.4) is 0 Å². The van der Waals surface area contributed by atoms with Crippen molar-refractivity contribution in [3.8, 4) is 0 Å². The highest BCUT2D eigenvalue weighted by atomic mass is 35.5. The molecule has 0 radical (unpaired) electrons. The Labute approximate surface area is 174 Å². The zero-order valence-corrected chi connectivity index (χ0v) is 17.0. The molecule has 0 unspecified atom stereocenters. The normalized spacial score (nSPS) is 10.7. The lowest BCUT2D eigenvalue weighted by molar-refractivity contribution is 0.0727. The minimum Gasteiger partial charge on any atom is -0.380 e. The van der Waals surface area contributed by atoms with Crippen molar-refractivity contribution in [2.24, 2.45) is 0 Å². The number of ether oxygens (including phenoxy) is 1. The minimum atomic E-state index is -0.0883. The molecule has 4 nitrogen and oxygen atoms in total. The van der Waals surface area contributed by atoms with E-state index in [-0.39, 0.29) is 5.91 Å². The van der Waals surface area contributed by atoms with Gasteiger partial charge < -0.3 is 9.64 Å². The summed E-state index contributed by atoms with van der Waals surface area (Å²) in [4.78, 5) is 19.4. The Bertz CT molecular complexity index is 948. The predicted molar refractivity (Wildman–Crippen MR) is 111 cm³/mol. The monoisotopic (exact) mass is 414 g/mol. The lowest BCUT2D eigenvalue weighted by Gasteiger charge is -2.23. The largest absolute Gasteiger partial charge is 0.380 e. The van der Waals surface area contributed by atoms with Gasteiger partial charge in [-0.05, 0) is 47.5 Å². The van der Waals surface area contributed by atoms with Crippen molar-refractivity contribution in [1.29, 1.82) is 0 Å². The molecular weight excluding hydrogens is 395 g/mol. The van der Waals surface area contributed by atoms with Gasteiger partial charge in [0.05, 0.1) is 28.9 Å². The van der Waals surface area contributed by atoms with Crippen molar-refractivity contribution < 1.29 is 9.53 Å². The van der Waals surface area contributed by atoms with Gasteiger partial charge in [0.2, 0.25) is 0 Å². The Morgan fingerprint density at radius 1 is 0.964 bits per heavy atom. The smallest absolute Gasteiger partial charge is 0.254 e. The molecule has 28 heavy (non-hydrogen) atoms. The fourth-order valence-electron chi connectivity index (χ4n) is 2.89. The topological polar surface area (TPSA) is 42.4 Å². The lowest BCUT2D eigenvalue weighted by atomic mass is 10.1. The van der Waals surface area contributed by atoms with E-state index in [9.17, 15) is 4.79 Å². The summed E-state index contributed by atoms with van der Waals surface area (Å²) in [5.41, 5.74) is 3.25. The summed E-state index contributed by atoms with van der Waals surface area (Å²) in [5, 5.41) is 0.951. The maximum Gasteiger partial charge on any atom is 0.254 e. The quantitative estimate of drug-likeness (QED) is 0.521. The number of carbonyl (C=O) groups is 1. The Hall–Kier alpha value is -2.40. The number of nitrogens with zero attached hydrogens (tertiary/aromatic N) is 2. The molecule has 0 spiro atoms. The van der Waals surface area contributed by atoms with Crippen LogP contribution in [0.5, 0.6) is 0 Å². The van der Waals surface area contributed by atoms with Gasteiger partial charge in [-0.15, -0.1) is 0 Å². The Morgan fingerprint density at radius 3 is 2.54 bits per heavy atom. The fraction of sp³-hybridized carbons (Fsp3) is 0.182. The average Bonchev–Trinajstić information content (AvgIpc) is 2.71. The highest BCUT2D eigenvalue weighted by molar-refractivity contribution is 6.42. The number of hydrogen-bond donors (Lipinski definition) is 0. The third-order valence-electron chi connectivity index (χ3n) is 4.21. The molecule has 0 N–H and O–H groups in total. The summed E-state index contributed by atoms with van der Waals surface area (Å²) >= 11 is 12.2. The first-order chi connectivity index (χ1) is 13.6. The second kappa shape index (κ2) is 9.69. The van der Waals surface area contributed by atoms with Crippen LogP contribution in [0.25, 0.3) is 0 Å². The van der Waals surface area contributed by atoms with Crippen molar-refractivity contribution in [2.45, 2.75) is 19.7 Å². The molecule has 3 aromatic rings. The number of carbonyl (C=O) groups excluding carboxylic acids is 1. The summed E-state index contributed by atoms with van der Waals surface area (Å²) in [6, 6.07) is 18.5. The summed E-state index contributed by atoms with van der Waals surface area (Å²) in [7, 11) is 1.63. The van der Waals surface area contributed by atoms with Gasteiger partial charge >= 0.3 is 0 Å². The zero-order valence-electron chi connectivity index (χ0n) is 15.4. The van der Waals surface area contributed by atoms with Crippen molar-refractivity contribution in [3.05, 3.63) is 99.3 Å². The third kappa shape index (κ3) is 5.32. The number of hydrogen-bond acceptors (Lipinski definition) is 3. The van der Waals surface area contributed by atoms with E-state index in [4.69, 9.17) is 27.9 Å². The maximum absolute atomic E-state index is 13.3. The van der Waals surface area contributed by atoms with Crippen molar-refractivity contribution in [3.63, 3.8) is 0 Å². The molecule has 1 aromatic heterocycles. The number of rotatable bonds is 7. The molecule has 0 aliphatic rings. The first-order valence-electron chi connectivity index (χ1n) is 8.78. The van der Waals surface area contributed by atoms with Gasteiger partial charge in [0, 0.05) is 25.4 Å². The standard InChI is InChI=1S/C22H20Cl2N2O2/c1-28-15-17-5-4-6-18(11-17)22(27)26(14-19-7-2-3-10-25-19)13-16-8-9-20(23)21(24)12-16/h2-12H,13-15H2,1H3. The van der Waals surface area contributed by atoms with Crippen LogP contribution < -0.4 is 0 Å². The molecule has 2 aromatic carbocycles. The van der Waals surface area contributed by atoms with Gasteiger partial charge in [-0.1, -0.05) is 47.5 Å². The van der Waals surface area contributed by atoms with E-state index in [1.807, 2.05) is 48.5 Å². The molecule has 0 aliphatic carbocycles. The van der Waals surface area contributed by atoms with Gasteiger partial charge in [-0.2, -0.15) is 0 Å². The lowest BCUT2D eigenvalue weighted by Crippen LogP contribution is -2.30. The predicted octanol–water partition coefficient (Wildman–Crippen LogP) is 5.38. The van der Waals surface area contributed by atoms with E-state index in [2.05, 4.69) is 4.98 Å². The Kier molecular flexibility index (Phi) is 7.04.